The van der Waals surface area contributed by atoms with Crippen molar-refractivity contribution >= 4 is 23.7 Å². The molecule has 0 atom stereocenters. The highest BCUT2D eigenvalue weighted by molar-refractivity contribution is 6.19. The molecule has 8 heteroatoms. The van der Waals surface area contributed by atoms with Crippen LogP contribution in [0.5, 0.6) is 0 Å². The summed E-state index contributed by atoms with van der Waals surface area (Å²) in [5.41, 5.74) is 0.685. The molecule has 0 saturated heterocycles. The summed E-state index contributed by atoms with van der Waals surface area (Å²) >= 11 is 0. The molecule has 0 aliphatic heterocycles. The number of oxime groups is 1. The molecule has 0 bridgehead atoms. The average Bonchev–Trinajstić information content (AvgIpc) is 2.79. The second-order valence-electron chi connectivity index (χ2n) is 6.87. The summed E-state index contributed by atoms with van der Waals surface area (Å²) in [6, 6.07) is 12.9. The van der Waals surface area contributed by atoms with Crippen molar-refractivity contribution in [3.05, 3.63) is 101 Å². The fraction of sp³-hybridized carbons (Fsp3) is 0.160. The van der Waals surface area contributed by atoms with E-state index in [-0.39, 0.29) is 23.5 Å². The maximum atomic E-state index is 12.7. The third kappa shape index (κ3) is 7.92. The summed E-state index contributed by atoms with van der Waals surface area (Å²) in [5, 5.41) is 3.68. The first-order valence-electron chi connectivity index (χ1n) is 9.78. The van der Waals surface area contributed by atoms with Gasteiger partial charge in [-0.1, -0.05) is 54.2 Å². The number of ether oxygens (including phenoxy) is 1. The van der Waals surface area contributed by atoms with Crippen LogP contribution >= 0.6 is 0 Å². The SMILES string of the molecule is C=CCOC(=O)C(=C\C(C)=C\c1ccccc1)/C(C)=N/OC(=O)c1ccc(C(F)(F)F)cc1. The number of esters is 1. The molecule has 2 aromatic rings. The summed E-state index contributed by atoms with van der Waals surface area (Å²) in [4.78, 5) is 29.5. The predicted molar refractivity (Wildman–Crippen MR) is 119 cm³/mol. The van der Waals surface area contributed by atoms with E-state index in [0.29, 0.717) is 5.57 Å². The van der Waals surface area contributed by atoms with Gasteiger partial charge in [0.15, 0.2) is 0 Å². The third-order valence-electron chi connectivity index (χ3n) is 4.22. The molecule has 2 aromatic carbocycles. The Balaban J connectivity index is 2.25. The normalized spacial score (nSPS) is 12.8. The summed E-state index contributed by atoms with van der Waals surface area (Å²) < 4.78 is 43.1. The number of allylic oxidation sites excluding steroid dienone is 2. The number of halogens is 3. The molecule has 2 rings (SSSR count). The Labute approximate surface area is 189 Å². The number of carbonyl (C=O) groups is 2. The van der Waals surface area contributed by atoms with Crippen molar-refractivity contribution in [2.45, 2.75) is 20.0 Å². The van der Waals surface area contributed by atoms with Gasteiger partial charge in [-0.3, -0.25) is 0 Å². The van der Waals surface area contributed by atoms with Gasteiger partial charge in [0, 0.05) is 0 Å². The van der Waals surface area contributed by atoms with Crippen LogP contribution in [-0.2, 0) is 20.5 Å². The molecular weight excluding hydrogens is 435 g/mol. The van der Waals surface area contributed by atoms with E-state index in [1.54, 1.807) is 6.92 Å². The average molecular weight is 457 g/mol. The predicted octanol–water partition coefficient (Wildman–Crippen LogP) is 6.00. The van der Waals surface area contributed by atoms with E-state index >= 15 is 0 Å². The van der Waals surface area contributed by atoms with Crippen molar-refractivity contribution in [1.29, 1.82) is 0 Å². The van der Waals surface area contributed by atoms with Crippen LogP contribution in [0, 0.1) is 0 Å². The molecular formula is C25H22F3NO4. The van der Waals surface area contributed by atoms with Gasteiger partial charge in [0.05, 0.1) is 22.4 Å². The third-order valence-corrected chi connectivity index (χ3v) is 4.22. The minimum absolute atomic E-state index is 0.0315. The zero-order valence-electron chi connectivity index (χ0n) is 18.1. The van der Waals surface area contributed by atoms with Gasteiger partial charge < -0.3 is 9.57 Å². The number of alkyl halides is 3. The molecule has 0 radical (unpaired) electrons. The van der Waals surface area contributed by atoms with Crippen LogP contribution < -0.4 is 0 Å². The summed E-state index contributed by atoms with van der Waals surface area (Å²) in [6.07, 6.45) is 0.249. The Morgan fingerprint density at radius 3 is 2.24 bits per heavy atom. The highest BCUT2D eigenvalue weighted by Crippen LogP contribution is 2.29. The van der Waals surface area contributed by atoms with Crippen molar-refractivity contribution < 1.29 is 32.3 Å². The van der Waals surface area contributed by atoms with E-state index in [1.165, 1.54) is 19.1 Å². The Morgan fingerprint density at radius 2 is 1.67 bits per heavy atom. The van der Waals surface area contributed by atoms with Crippen LogP contribution in [0.2, 0.25) is 0 Å². The molecule has 0 fully saturated rings. The first-order valence-corrected chi connectivity index (χ1v) is 9.78. The zero-order chi connectivity index (χ0) is 24.4. The zero-order valence-corrected chi connectivity index (χ0v) is 18.1. The van der Waals surface area contributed by atoms with E-state index in [0.717, 1.165) is 29.8 Å². The highest BCUT2D eigenvalue weighted by Gasteiger charge is 2.30. The molecule has 0 saturated carbocycles. The molecule has 0 amide bonds. The number of benzene rings is 2. The molecule has 0 N–H and O–H groups in total. The van der Waals surface area contributed by atoms with E-state index < -0.39 is 23.7 Å². The van der Waals surface area contributed by atoms with Crippen LogP contribution in [-0.4, -0.2) is 24.3 Å². The number of hydrogen-bond acceptors (Lipinski definition) is 5. The quantitative estimate of drug-likeness (QED) is 0.0928. The minimum atomic E-state index is -4.52. The van der Waals surface area contributed by atoms with Gasteiger partial charge in [0.1, 0.15) is 6.61 Å². The Hall–Kier alpha value is -3.94. The lowest BCUT2D eigenvalue weighted by Gasteiger charge is -2.08. The maximum absolute atomic E-state index is 12.7. The van der Waals surface area contributed by atoms with Crippen molar-refractivity contribution in [3.63, 3.8) is 0 Å². The van der Waals surface area contributed by atoms with Gasteiger partial charge in [-0.25, -0.2) is 9.59 Å². The van der Waals surface area contributed by atoms with Gasteiger partial charge in [0.2, 0.25) is 0 Å². The Morgan fingerprint density at radius 1 is 1.03 bits per heavy atom. The standard InChI is InChI=1S/C25H22F3NO4/c1-4-14-32-24(31)22(16-17(2)15-19-8-6-5-7-9-19)18(3)29-33-23(30)20-10-12-21(13-11-20)25(26,27)28/h4-13,15-16H,1,14H2,2-3H3/b17-15+,22-16-,29-18+. The first-order chi connectivity index (χ1) is 15.6. The van der Waals surface area contributed by atoms with Crippen LogP contribution in [0.15, 0.2) is 89.6 Å². The van der Waals surface area contributed by atoms with Crippen molar-refractivity contribution in [1.82, 2.24) is 0 Å². The summed E-state index contributed by atoms with van der Waals surface area (Å²) in [7, 11) is 0. The lowest BCUT2D eigenvalue weighted by molar-refractivity contribution is -0.138. The van der Waals surface area contributed by atoms with Crippen molar-refractivity contribution in [2.24, 2.45) is 5.16 Å². The molecule has 33 heavy (non-hydrogen) atoms. The van der Waals surface area contributed by atoms with Gasteiger partial charge >= 0.3 is 18.1 Å². The van der Waals surface area contributed by atoms with Crippen LogP contribution in [0.4, 0.5) is 13.2 Å². The highest BCUT2D eigenvalue weighted by atomic mass is 19.4. The van der Waals surface area contributed by atoms with Crippen LogP contribution in [0.1, 0.15) is 35.3 Å². The molecule has 0 heterocycles. The monoisotopic (exact) mass is 457 g/mol. The van der Waals surface area contributed by atoms with Gasteiger partial charge in [0.25, 0.3) is 0 Å². The van der Waals surface area contributed by atoms with E-state index in [1.807, 2.05) is 36.4 Å². The number of carbonyl (C=O) groups excluding carboxylic acids is 2. The molecule has 172 valence electrons. The molecule has 0 spiro atoms. The smallest absolute Gasteiger partial charge is 0.416 e. The molecule has 0 unspecified atom stereocenters. The van der Waals surface area contributed by atoms with Crippen molar-refractivity contribution in [2.75, 3.05) is 6.61 Å². The summed E-state index contributed by atoms with van der Waals surface area (Å²) in [5.74, 6) is -1.68. The van der Waals surface area contributed by atoms with E-state index in [9.17, 15) is 22.8 Å². The Bertz CT molecular complexity index is 1080. The minimum Gasteiger partial charge on any atom is -0.458 e. The van der Waals surface area contributed by atoms with Gasteiger partial charge in [-0.15, -0.1) is 0 Å². The lowest BCUT2D eigenvalue weighted by Crippen LogP contribution is -2.15. The van der Waals surface area contributed by atoms with Crippen molar-refractivity contribution in [3.8, 4) is 0 Å². The molecule has 5 nitrogen and oxygen atoms in total. The fourth-order valence-corrected chi connectivity index (χ4v) is 2.61. The van der Waals surface area contributed by atoms with Gasteiger partial charge in [-0.2, -0.15) is 13.2 Å². The molecule has 0 aliphatic carbocycles. The number of rotatable bonds is 8. The second kappa shape index (κ2) is 11.6. The van der Waals surface area contributed by atoms with E-state index in [2.05, 4.69) is 11.7 Å². The second-order valence-corrected chi connectivity index (χ2v) is 6.87. The lowest BCUT2D eigenvalue weighted by atomic mass is 10.1. The Kier molecular flexibility index (Phi) is 8.91. The van der Waals surface area contributed by atoms with E-state index in [4.69, 9.17) is 9.57 Å². The topological polar surface area (TPSA) is 65.0 Å². The maximum Gasteiger partial charge on any atom is 0.416 e. The first kappa shape index (κ1) is 25.3. The largest absolute Gasteiger partial charge is 0.458 e. The van der Waals surface area contributed by atoms with Gasteiger partial charge in [-0.05, 0) is 55.3 Å². The molecule has 0 aromatic heterocycles. The molecule has 0 aliphatic rings. The number of hydrogen-bond donors (Lipinski definition) is 0. The number of nitrogens with zero attached hydrogens (tertiary/aromatic N) is 1. The summed E-state index contributed by atoms with van der Waals surface area (Å²) in [6.45, 7) is 6.67. The van der Waals surface area contributed by atoms with Crippen LogP contribution in [0.25, 0.3) is 6.08 Å². The van der Waals surface area contributed by atoms with Crippen LogP contribution in [0.3, 0.4) is 0 Å². The fourth-order valence-electron chi connectivity index (χ4n) is 2.61.